The summed E-state index contributed by atoms with van der Waals surface area (Å²) in [4.78, 5) is 0. The standard InChI is InChI=1S/C6H5I.Hg/c7-6-4-2-1-3-5-6;/h1-5H;. The smallest absolute Gasteiger partial charge is 0.0130 e. The maximum Gasteiger partial charge on any atom is 0.0130 e. The molecule has 2 heteroatoms. The van der Waals surface area contributed by atoms with Gasteiger partial charge in [0.25, 0.3) is 0 Å². The molecule has 0 unspecified atom stereocenters. The van der Waals surface area contributed by atoms with E-state index in [1.165, 1.54) is 3.57 Å². The topological polar surface area (TPSA) is 0 Å². The fraction of sp³-hybridized carbons (Fsp3) is 0. The van der Waals surface area contributed by atoms with Crippen molar-refractivity contribution in [1.29, 1.82) is 0 Å². The SMILES string of the molecule is Ic1ccccc1.[Hg]. The van der Waals surface area contributed by atoms with Gasteiger partial charge in [0, 0.05) is 31.2 Å². The zero-order valence-corrected chi connectivity index (χ0v) is 12.1. The Hall–Kier alpha value is 0.885. The van der Waals surface area contributed by atoms with Crippen LogP contribution in [0.4, 0.5) is 0 Å². The Morgan fingerprint density at radius 1 is 1.00 bits per heavy atom. The molecule has 0 aliphatic rings. The second kappa shape index (κ2) is 4.73. The Labute approximate surface area is 83.3 Å². The Bertz CT molecular complexity index is 138. The van der Waals surface area contributed by atoms with E-state index in [1.807, 2.05) is 18.2 Å². The van der Waals surface area contributed by atoms with Gasteiger partial charge in [-0.25, -0.2) is 0 Å². The zero-order valence-electron chi connectivity index (χ0n) is 4.47. The third-order valence-electron chi connectivity index (χ3n) is 0.733. The average Bonchev–Trinajstić information content (AvgIpc) is 1.69. The first-order valence-corrected chi connectivity index (χ1v) is 3.18. The molecule has 0 atom stereocenters. The van der Waals surface area contributed by atoms with Gasteiger partial charge in [0.05, 0.1) is 0 Å². The monoisotopic (exact) mass is 406 g/mol. The van der Waals surface area contributed by atoms with Crippen LogP contribution < -0.4 is 0 Å². The van der Waals surface area contributed by atoms with Gasteiger partial charge in [0.2, 0.25) is 0 Å². The van der Waals surface area contributed by atoms with Gasteiger partial charge in [-0.15, -0.1) is 0 Å². The zero-order chi connectivity index (χ0) is 5.11. The molecule has 0 N–H and O–H groups in total. The summed E-state index contributed by atoms with van der Waals surface area (Å²) in [5, 5.41) is 0. The fourth-order valence-corrected chi connectivity index (χ4v) is 0.830. The maximum atomic E-state index is 2.28. The van der Waals surface area contributed by atoms with Crippen molar-refractivity contribution in [3.8, 4) is 0 Å². The molecular formula is C6H5HgI. The molecule has 0 aromatic heterocycles. The van der Waals surface area contributed by atoms with Crippen LogP contribution >= 0.6 is 22.6 Å². The summed E-state index contributed by atoms with van der Waals surface area (Å²) in [6.45, 7) is 0. The maximum absolute atomic E-state index is 2.28. The first-order chi connectivity index (χ1) is 3.39. The molecule has 1 aromatic carbocycles. The van der Waals surface area contributed by atoms with Gasteiger partial charge in [-0.1, -0.05) is 18.2 Å². The van der Waals surface area contributed by atoms with E-state index < -0.39 is 0 Å². The van der Waals surface area contributed by atoms with Crippen LogP contribution in [-0.4, -0.2) is 0 Å². The van der Waals surface area contributed by atoms with E-state index in [0.29, 0.717) is 0 Å². The Morgan fingerprint density at radius 3 is 1.75 bits per heavy atom. The second-order valence-corrected chi connectivity index (χ2v) is 2.54. The minimum absolute atomic E-state index is 0. The predicted molar refractivity (Wildman–Crippen MR) is 39.2 cm³/mol. The van der Waals surface area contributed by atoms with E-state index in [4.69, 9.17) is 0 Å². The van der Waals surface area contributed by atoms with Gasteiger partial charge in [-0.3, -0.25) is 0 Å². The van der Waals surface area contributed by atoms with Crippen LogP contribution in [0.2, 0.25) is 0 Å². The van der Waals surface area contributed by atoms with Crippen LogP contribution in [0.25, 0.3) is 0 Å². The quantitative estimate of drug-likeness (QED) is 0.460. The molecule has 0 heterocycles. The van der Waals surface area contributed by atoms with E-state index >= 15 is 0 Å². The van der Waals surface area contributed by atoms with Gasteiger partial charge >= 0.3 is 0 Å². The first kappa shape index (κ1) is 8.89. The van der Waals surface area contributed by atoms with Gasteiger partial charge < -0.3 is 0 Å². The second-order valence-electron chi connectivity index (χ2n) is 1.30. The number of benzene rings is 1. The Morgan fingerprint density at radius 2 is 1.50 bits per heavy atom. The van der Waals surface area contributed by atoms with Crippen LogP contribution in [-0.2, 0) is 27.7 Å². The van der Waals surface area contributed by atoms with Crippen LogP contribution in [0.3, 0.4) is 0 Å². The summed E-state index contributed by atoms with van der Waals surface area (Å²) in [7, 11) is 0. The van der Waals surface area contributed by atoms with Gasteiger partial charge in [0.15, 0.2) is 0 Å². The number of hydrogen-bond donors (Lipinski definition) is 0. The summed E-state index contributed by atoms with van der Waals surface area (Å²) in [5.41, 5.74) is 0. The third-order valence-corrected chi connectivity index (χ3v) is 1.45. The van der Waals surface area contributed by atoms with Crippen molar-refractivity contribution in [3.63, 3.8) is 0 Å². The Balaban J connectivity index is 0.000000490. The number of hydrogen-bond acceptors (Lipinski definition) is 0. The predicted octanol–water partition coefficient (Wildman–Crippen LogP) is 2.29. The van der Waals surface area contributed by atoms with Crippen LogP contribution in [0.15, 0.2) is 30.3 Å². The van der Waals surface area contributed by atoms with Crippen molar-refractivity contribution in [2.45, 2.75) is 0 Å². The van der Waals surface area contributed by atoms with Crippen molar-refractivity contribution < 1.29 is 27.7 Å². The molecule has 38 valence electrons. The van der Waals surface area contributed by atoms with Crippen molar-refractivity contribution in [3.05, 3.63) is 33.9 Å². The molecule has 0 aliphatic heterocycles. The van der Waals surface area contributed by atoms with E-state index in [2.05, 4.69) is 34.7 Å². The Kier molecular flexibility index (Phi) is 5.26. The molecule has 0 spiro atoms. The van der Waals surface area contributed by atoms with Crippen LogP contribution in [0, 0.1) is 3.57 Å². The van der Waals surface area contributed by atoms with Crippen molar-refractivity contribution in [2.24, 2.45) is 0 Å². The molecule has 0 fully saturated rings. The van der Waals surface area contributed by atoms with Crippen LogP contribution in [0.5, 0.6) is 0 Å². The van der Waals surface area contributed by atoms with E-state index in [-0.39, 0.29) is 27.7 Å². The van der Waals surface area contributed by atoms with E-state index in [1.54, 1.807) is 0 Å². The molecule has 0 radical (unpaired) electrons. The molecule has 0 saturated heterocycles. The fourth-order valence-electron chi connectivity index (χ4n) is 0.415. The summed E-state index contributed by atoms with van der Waals surface area (Å²) in [5.74, 6) is 0. The molecule has 8 heavy (non-hydrogen) atoms. The molecule has 0 bridgehead atoms. The largest absolute Gasteiger partial charge is 0.0622 e. The van der Waals surface area contributed by atoms with Gasteiger partial charge in [-0.05, 0) is 34.7 Å². The molecular weight excluding hydrogens is 400 g/mol. The summed E-state index contributed by atoms with van der Waals surface area (Å²) >= 11 is 2.28. The van der Waals surface area contributed by atoms with Gasteiger partial charge in [-0.2, -0.15) is 0 Å². The van der Waals surface area contributed by atoms with E-state index in [9.17, 15) is 0 Å². The normalized spacial score (nSPS) is 7.62. The van der Waals surface area contributed by atoms with Crippen molar-refractivity contribution in [2.75, 3.05) is 0 Å². The molecule has 0 saturated carbocycles. The summed E-state index contributed by atoms with van der Waals surface area (Å²) in [6.07, 6.45) is 0. The summed E-state index contributed by atoms with van der Waals surface area (Å²) < 4.78 is 1.29. The molecule has 0 amide bonds. The molecule has 0 nitrogen and oxygen atoms in total. The van der Waals surface area contributed by atoms with E-state index in [0.717, 1.165) is 0 Å². The minimum Gasteiger partial charge on any atom is -0.0622 e. The van der Waals surface area contributed by atoms with Gasteiger partial charge in [0.1, 0.15) is 0 Å². The first-order valence-electron chi connectivity index (χ1n) is 2.10. The number of rotatable bonds is 0. The molecule has 1 aromatic rings. The van der Waals surface area contributed by atoms with Crippen molar-refractivity contribution >= 4 is 22.6 Å². The third kappa shape index (κ3) is 3.02. The van der Waals surface area contributed by atoms with Crippen molar-refractivity contribution in [1.82, 2.24) is 0 Å². The number of halogens is 1. The summed E-state index contributed by atoms with van der Waals surface area (Å²) in [6, 6.07) is 10.2. The minimum atomic E-state index is 0. The van der Waals surface area contributed by atoms with Crippen LogP contribution in [0.1, 0.15) is 0 Å². The molecule has 0 aliphatic carbocycles. The average molecular weight is 405 g/mol. The molecule has 1 rings (SSSR count).